The van der Waals surface area contributed by atoms with Gasteiger partial charge < -0.3 is 5.11 Å². The van der Waals surface area contributed by atoms with Gasteiger partial charge in [-0.1, -0.05) is 31.0 Å². The normalized spacial score (nSPS) is 16.8. The van der Waals surface area contributed by atoms with Crippen LogP contribution in [0.3, 0.4) is 0 Å². The molecule has 1 N–H and O–H groups in total. The zero-order valence-electron chi connectivity index (χ0n) is 15.7. The topological polar surface area (TPSA) is 54.4 Å². The van der Waals surface area contributed by atoms with E-state index in [-0.39, 0.29) is 41.2 Å². The second-order valence-electron chi connectivity index (χ2n) is 7.81. The summed E-state index contributed by atoms with van der Waals surface area (Å²) >= 11 is 6.36. The van der Waals surface area contributed by atoms with Crippen LogP contribution in [0.1, 0.15) is 64.2 Å². The number of hydrogen-bond acceptors (Lipinski definition) is 3. The molecule has 25 heavy (non-hydrogen) atoms. The molecule has 4 heteroatoms. The molecule has 0 aliphatic heterocycles. The second-order valence-corrected chi connectivity index (χ2v) is 8.21. The summed E-state index contributed by atoms with van der Waals surface area (Å²) in [5.41, 5.74) is 3.77. The Morgan fingerprint density at radius 2 is 1.60 bits per heavy atom. The van der Waals surface area contributed by atoms with Gasteiger partial charge in [-0.2, -0.15) is 0 Å². The highest BCUT2D eigenvalue weighted by Crippen LogP contribution is 2.38. The third-order valence-corrected chi connectivity index (χ3v) is 5.18. The predicted octanol–water partition coefficient (Wildman–Crippen LogP) is 5.69. The number of carbonyl (C=O) groups excluding carboxylic acids is 2. The van der Waals surface area contributed by atoms with Crippen LogP contribution in [0.2, 0.25) is 5.02 Å². The van der Waals surface area contributed by atoms with Crippen molar-refractivity contribution >= 4 is 34.5 Å². The van der Waals surface area contributed by atoms with Gasteiger partial charge in [0.2, 0.25) is 0 Å². The molecule has 1 aliphatic carbocycles. The fourth-order valence-corrected chi connectivity index (χ4v) is 3.65. The molecule has 1 aromatic carbocycles. The molecule has 0 saturated heterocycles. The van der Waals surface area contributed by atoms with E-state index in [1.54, 1.807) is 12.1 Å². The molecule has 1 saturated carbocycles. The summed E-state index contributed by atoms with van der Waals surface area (Å²) in [6.45, 7) is 11.6. The van der Waals surface area contributed by atoms with Crippen molar-refractivity contribution in [3.05, 3.63) is 45.0 Å². The molecule has 1 fully saturated rings. The molecule has 0 unspecified atom stereocenters. The number of halogens is 1. The first kappa shape index (κ1) is 19.5. The first-order chi connectivity index (χ1) is 11.5. The lowest BCUT2D eigenvalue weighted by atomic mass is 9.73. The first-order valence-electron chi connectivity index (χ1n) is 8.40. The lowest BCUT2D eigenvalue weighted by Crippen LogP contribution is -2.32. The van der Waals surface area contributed by atoms with Crippen molar-refractivity contribution in [2.75, 3.05) is 0 Å². The van der Waals surface area contributed by atoms with Crippen molar-refractivity contribution in [2.24, 2.45) is 5.41 Å². The third kappa shape index (κ3) is 3.72. The van der Waals surface area contributed by atoms with Crippen LogP contribution in [-0.2, 0) is 9.59 Å². The molecule has 0 atom stereocenters. The molecule has 0 spiro atoms. The maximum atomic E-state index is 12.5. The number of hydrogen-bond donors (Lipinski definition) is 1. The lowest BCUT2D eigenvalue weighted by Gasteiger charge is -2.29. The molecule has 1 aliphatic rings. The van der Waals surface area contributed by atoms with Crippen LogP contribution in [0.4, 0.5) is 0 Å². The van der Waals surface area contributed by atoms with E-state index < -0.39 is 0 Å². The minimum atomic E-state index is -0.364. The maximum absolute atomic E-state index is 12.5. The molecule has 2 rings (SSSR count). The van der Waals surface area contributed by atoms with Crippen LogP contribution in [0.15, 0.2) is 23.3 Å². The van der Waals surface area contributed by atoms with Gasteiger partial charge >= 0.3 is 0 Å². The highest BCUT2D eigenvalue weighted by Gasteiger charge is 2.38. The standard InChI is InChI=1S/C21H25ClO3/c1-11(2)12(3)18-13(4)14(7-8-15(18)22)20(25)19-16(23)9-21(5,6)10-17(19)24/h7-8,25H,9-10H2,1-6H3. The summed E-state index contributed by atoms with van der Waals surface area (Å²) in [6, 6.07) is 3.37. The minimum absolute atomic E-state index is 0.0782. The number of aliphatic hydroxyl groups excluding tert-OH is 1. The minimum Gasteiger partial charge on any atom is -0.506 e. The average molecular weight is 361 g/mol. The summed E-state index contributed by atoms with van der Waals surface area (Å²) in [4.78, 5) is 24.9. The molecule has 134 valence electrons. The Kier molecular flexibility index (Phi) is 5.29. The highest BCUT2D eigenvalue weighted by atomic mass is 35.5. The van der Waals surface area contributed by atoms with E-state index in [0.717, 1.165) is 22.3 Å². The second kappa shape index (κ2) is 6.80. The zero-order chi connectivity index (χ0) is 19.1. The van der Waals surface area contributed by atoms with Crippen molar-refractivity contribution in [3.8, 4) is 0 Å². The summed E-state index contributed by atoms with van der Waals surface area (Å²) in [5.74, 6) is -0.829. The van der Waals surface area contributed by atoms with Crippen LogP contribution < -0.4 is 0 Å². The third-order valence-electron chi connectivity index (χ3n) is 4.87. The molecule has 0 radical (unpaired) electrons. The number of ketones is 2. The molecule has 0 amide bonds. The fourth-order valence-electron chi connectivity index (χ4n) is 3.31. The quantitative estimate of drug-likeness (QED) is 0.418. The Morgan fingerprint density at radius 3 is 2.08 bits per heavy atom. The van der Waals surface area contributed by atoms with Crippen LogP contribution >= 0.6 is 11.6 Å². The van der Waals surface area contributed by atoms with E-state index >= 15 is 0 Å². The van der Waals surface area contributed by atoms with Crippen molar-refractivity contribution in [1.82, 2.24) is 0 Å². The average Bonchev–Trinajstić information content (AvgIpc) is 2.44. The van der Waals surface area contributed by atoms with Crippen molar-refractivity contribution < 1.29 is 14.7 Å². The monoisotopic (exact) mass is 360 g/mol. The smallest absolute Gasteiger partial charge is 0.170 e. The highest BCUT2D eigenvalue weighted by molar-refractivity contribution is 6.32. The number of Topliss-reactive ketones (excluding diaryl/α,β-unsaturated/α-hetero) is 2. The predicted molar refractivity (Wildman–Crippen MR) is 103 cm³/mol. The van der Waals surface area contributed by atoms with Gasteiger partial charge in [-0.25, -0.2) is 0 Å². The van der Waals surface area contributed by atoms with Gasteiger partial charge in [0.25, 0.3) is 0 Å². The molecular weight excluding hydrogens is 336 g/mol. The van der Waals surface area contributed by atoms with Crippen LogP contribution in [0.5, 0.6) is 0 Å². The van der Waals surface area contributed by atoms with E-state index in [2.05, 4.69) is 0 Å². The van der Waals surface area contributed by atoms with Crippen molar-refractivity contribution in [1.29, 1.82) is 0 Å². The summed E-state index contributed by atoms with van der Waals surface area (Å²) < 4.78 is 0. The zero-order valence-corrected chi connectivity index (χ0v) is 16.5. The Balaban J connectivity index is 2.67. The number of rotatable bonds is 2. The van der Waals surface area contributed by atoms with Crippen LogP contribution in [0, 0.1) is 12.3 Å². The summed E-state index contributed by atoms with van der Waals surface area (Å²) in [7, 11) is 0. The Bertz CT molecular complexity index is 800. The van der Waals surface area contributed by atoms with E-state index in [1.807, 2.05) is 41.5 Å². The van der Waals surface area contributed by atoms with Gasteiger partial charge in [0, 0.05) is 23.4 Å². The van der Waals surface area contributed by atoms with E-state index in [1.165, 1.54) is 0 Å². The van der Waals surface area contributed by atoms with Gasteiger partial charge in [-0.15, -0.1) is 0 Å². The molecule has 0 aromatic heterocycles. The van der Waals surface area contributed by atoms with Crippen molar-refractivity contribution in [2.45, 2.75) is 54.4 Å². The van der Waals surface area contributed by atoms with Gasteiger partial charge in [0.15, 0.2) is 11.6 Å². The lowest BCUT2D eigenvalue weighted by molar-refractivity contribution is -0.127. The number of carbonyl (C=O) groups is 2. The van der Waals surface area contributed by atoms with Gasteiger partial charge in [-0.3, -0.25) is 9.59 Å². The number of benzene rings is 1. The van der Waals surface area contributed by atoms with Gasteiger partial charge in [-0.05, 0) is 61.9 Å². The Hall–Kier alpha value is -1.87. The number of aliphatic hydroxyl groups is 1. The SMILES string of the molecule is CC(C)=C(C)c1c(Cl)ccc(C(O)=C2C(=O)CC(C)(C)CC2=O)c1C. The Morgan fingerprint density at radius 1 is 1.08 bits per heavy atom. The molecule has 3 nitrogen and oxygen atoms in total. The molecule has 0 bridgehead atoms. The van der Waals surface area contributed by atoms with Crippen LogP contribution in [-0.4, -0.2) is 16.7 Å². The molecule has 1 aromatic rings. The summed E-state index contributed by atoms with van der Waals surface area (Å²) in [5, 5.41) is 11.3. The van der Waals surface area contributed by atoms with Crippen LogP contribution in [0.25, 0.3) is 11.3 Å². The van der Waals surface area contributed by atoms with E-state index in [0.29, 0.717) is 10.6 Å². The molecule has 0 heterocycles. The Labute approximate surface area is 154 Å². The fraction of sp³-hybridized carbons (Fsp3) is 0.429. The van der Waals surface area contributed by atoms with Gasteiger partial charge in [0.05, 0.1) is 0 Å². The number of allylic oxidation sites excluding steroid dienone is 3. The van der Waals surface area contributed by atoms with E-state index in [9.17, 15) is 14.7 Å². The largest absolute Gasteiger partial charge is 0.506 e. The van der Waals surface area contributed by atoms with Gasteiger partial charge in [0.1, 0.15) is 11.3 Å². The maximum Gasteiger partial charge on any atom is 0.170 e. The summed E-state index contributed by atoms with van der Waals surface area (Å²) in [6.07, 6.45) is 0.509. The van der Waals surface area contributed by atoms with Crippen molar-refractivity contribution in [3.63, 3.8) is 0 Å². The first-order valence-corrected chi connectivity index (χ1v) is 8.77. The van der Waals surface area contributed by atoms with E-state index in [4.69, 9.17) is 11.6 Å². The molecular formula is C21H25ClO3.